The molecule has 0 aromatic heterocycles. The minimum Gasteiger partial charge on any atom is -0.481 e. The molecule has 0 aromatic rings. The molecule has 2 rings (SSSR count). The number of nitrogens with zero attached hydrogens (tertiary/aromatic N) is 1. The number of likely N-dealkylation sites (tertiary alicyclic amines) is 1. The molecule has 0 radical (unpaired) electrons. The molecule has 1 saturated carbocycles. The highest BCUT2D eigenvalue weighted by Crippen LogP contribution is 2.37. The Bertz CT molecular complexity index is 384. The van der Waals surface area contributed by atoms with E-state index in [2.05, 4.69) is 19.2 Å². The lowest BCUT2D eigenvalue weighted by Crippen LogP contribution is -2.44. The summed E-state index contributed by atoms with van der Waals surface area (Å²) in [5.41, 5.74) is 0. The molecule has 0 aromatic carbocycles. The van der Waals surface area contributed by atoms with Crippen LogP contribution in [-0.4, -0.2) is 41.1 Å². The molecule has 5 heteroatoms. The molecule has 1 saturated heterocycles. The number of hydrogen-bond acceptors (Lipinski definition) is 2. The van der Waals surface area contributed by atoms with Crippen molar-refractivity contribution in [3.63, 3.8) is 0 Å². The van der Waals surface area contributed by atoms with Crippen LogP contribution in [0.4, 0.5) is 4.79 Å². The van der Waals surface area contributed by atoms with Crippen molar-refractivity contribution in [3.05, 3.63) is 0 Å². The Hall–Kier alpha value is -1.26. The summed E-state index contributed by atoms with van der Waals surface area (Å²) in [6, 6.07) is 0.533. The van der Waals surface area contributed by atoms with Crippen molar-refractivity contribution in [1.82, 2.24) is 10.2 Å². The van der Waals surface area contributed by atoms with E-state index in [1.54, 1.807) is 0 Å². The lowest BCUT2D eigenvalue weighted by atomic mass is 9.88. The van der Waals surface area contributed by atoms with Crippen LogP contribution in [0.25, 0.3) is 0 Å². The van der Waals surface area contributed by atoms with Gasteiger partial charge in [-0.25, -0.2) is 4.79 Å². The van der Waals surface area contributed by atoms with Gasteiger partial charge in [0.1, 0.15) is 0 Å². The average Bonchev–Trinajstić information content (AvgIpc) is 3.04. The van der Waals surface area contributed by atoms with Gasteiger partial charge < -0.3 is 15.3 Å². The topological polar surface area (TPSA) is 69.6 Å². The van der Waals surface area contributed by atoms with Crippen LogP contribution in [0, 0.1) is 17.8 Å². The Kier molecular flexibility index (Phi) is 5.48. The van der Waals surface area contributed by atoms with Crippen LogP contribution in [0.5, 0.6) is 0 Å². The number of amides is 2. The molecule has 3 unspecified atom stereocenters. The zero-order chi connectivity index (χ0) is 15.4. The van der Waals surface area contributed by atoms with Gasteiger partial charge in [-0.2, -0.15) is 0 Å². The monoisotopic (exact) mass is 296 g/mol. The van der Waals surface area contributed by atoms with Crippen LogP contribution in [0.2, 0.25) is 0 Å². The molecule has 1 aliphatic carbocycles. The van der Waals surface area contributed by atoms with E-state index in [1.165, 1.54) is 12.8 Å². The third-order valence-corrected chi connectivity index (χ3v) is 5.13. The van der Waals surface area contributed by atoms with E-state index in [0.717, 1.165) is 25.3 Å². The summed E-state index contributed by atoms with van der Waals surface area (Å²) in [6.45, 7) is 5.81. The van der Waals surface area contributed by atoms with Crippen molar-refractivity contribution in [1.29, 1.82) is 0 Å². The first kappa shape index (κ1) is 16.1. The summed E-state index contributed by atoms with van der Waals surface area (Å²) in [6.07, 6.45) is 5.38. The number of urea groups is 1. The second kappa shape index (κ2) is 7.14. The number of nitrogens with one attached hydrogen (secondary N) is 1. The number of aliphatic carboxylic acids is 1. The number of carboxylic acids is 1. The van der Waals surface area contributed by atoms with Crippen molar-refractivity contribution >= 4 is 12.0 Å². The predicted molar refractivity (Wildman–Crippen MR) is 81.0 cm³/mol. The molecule has 3 atom stereocenters. The Balaban J connectivity index is 1.69. The van der Waals surface area contributed by atoms with Gasteiger partial charge in [0.25, 0.3) is 0 Å². The molecule has 2 N–H and O–H groups in total. The molecule has 0 spiro atoms. The van der Waals surface area contributed by atoms with Gasteiger partial charge in [0, 0.05) is 25.6 Å². The molecular formula is C16H28N2O3. The zero-order valence-electron chi connectivity index (χ0n) is 13.2. The Morgan fingerprint density at radius 1 is 1.29 bits per heavy atom. The summed E-state index contributed by atoms with van der Waals surface area (Å²) in [5, 5.41) is 11.8. The first-order valence-corrected chi connectivity index (χ1v) is 8.23. The van der Waals surface area contributed by atoms with Crippen molar-refractivity contribution in [2.45, 2.75) is 58.4 Å². The van der Waals surface area contributed by atoms with Crippen LogP contribution in [0.3, 0.4) is 0 Å². The molecule has 1 aliphatic heterocycles. The Labute approximate surface area is 127 Å². The van der Waals surface area contributed by atoms with E-state index in [0.29, 0.717) is 30.8 Å². The summed E-state index contributed by atoms with van der Waals surface area (Å²) in [4.78, 5) is 24.8. The second-order valence-electron chi connectivity index (χ2n) is 6.94. The van der Waals surface area contributed by atoms with Gasteiger partial charge in [-0.1, -0.05) is 13.8 Å². The van der Waals surface area contributed by atoms with Gasteiger partial charge in [0.05, 0.1) is 0 Å². The molecule has 2 bridgehead atoms. The van der Waals surface area contributed by atoms with Crippen molar-refractivity contribution in [2.24, 2.45) is 17.8 Å². The number of carbonyl (C=O) groups excluding carboxylic acids is 1. The highest BCUT2D eigenvalue weighted by molar-refractivity contribution is 5.75. The lowest BCUT2D eigenvalue weighted by Gasteiger charge is -2.28. The van der Waals surface area contributed by atoms with Gasteiger partial charge >= 0.3 is 12.0 Å². The van der Waals surface area contributed by atoms with Gasteiger partial charge in [-0.05, 0) is 49.9 Å². The standard InChI is InChI=1S/C16H28N2O3/c1-11(2)13(4-6-15(19)20)7-8-17-16(21)18-10-12-3-5-14(18)9-12/h11-14H,3-10H2,1-2H3,(H,17,21)(H,19,20). The number of hydrogen-bond donors (Lipinski definition) is 2. The first-order chi connectivity index (χ1) is 9.97. The van der Waals surface area contributed by atoms with Gasteiger partial charge in [0.15, 0.2) is 0 Å². The Morgan fingerprint density at radius 2 is 2.05 bits per heavy atom. The number of rotatable bonds is 7. The lowest BCUT2D eigenvalue weighted by molar-refractivity contribution is -0.137. The minimum absolute atomic E-state index is 0.0722. The van der Waals surface area contributed by atoms with E-state index in [-0.39, 0.29) is 12.5 Å². The SMILES string of the molecule is CC(C)C(CCNC(=O)N1CC2CCC1C2)CCC(=O)O. The maximum atomic E-state index is 12.2. The predicted octanol–water partition coefficient (Wildman–Crippen LogP) is 2.71. The van der Waals surface area contributed by atoms with Crippen LogP contribution in [0.15, 0.2) is 0 Å². The largest absolute Gasteiger partial charge is 0.481 e. The number of fused-ring (bicyclic) bond motifs is 2. The molecule has 2 fully saturated rings. The zero-order valence-corrected chi connectivity index (χ0v) is 13.2. The fraction of sp³-hybridized carbons (Fsp3) is 0.875. The fourth-order valence-electron chi connectivity index (χ4n) is 3.76. The summed E-state index contributed by atoms with van der Waals surface area (Å²) >= 11 is 0. The van der Waals surface area contributed by atoms with E-state index < -0.39 is 5.97 Å². The molecule has 2 aliphatic rings. The minimum atomic E-state index is -0.738. The Morgan fingerprint density at radius 3 is 2.57 bits per heavy atom. The summed E-state index contributed by atoms with van der Waals surface area (Å²) < 4.78 is 0. The summed E-state index contributed by atoms with van der Waals surface area (Å²) in [5.74, 6) is 0.790. The van der Waals surface area contributed by atoms with Crippen LogP contribution in [0.1, 0.15) is 52.4 Å². The van der Waals surface area contributed by atoms with Crippen LogP contribution in [-0.2, 0) is 4.79 Å². The normalized spacial score (nSPS) is 25.4. The average molecular weight is 296 g/mol. The third-order valence-electron chi connectivity index (χ3n) is 5.13. The summed E-state index contributed by atoms with van der Waals surface area (Å²) in [7, 11) is 0. The van der Waals surface area contributed by atoms with E-state index in [9.17, 15) is 9.59 Å². The van der Waals surface area contributed by atoms with Crippen molar-refractivity contribution in [3.8, 4) is 0 Å². The number of piperidine rings is 1. The number of carbonyl (C=O) groups is 2. The van der Waals surface area contributed by atoms with Crippen molar-refractivity contribution in [2.75, 3.05) is 13.1 Å². The van der Waals surface area contributed by atoms with Gasteiger partial charge in [0.2, 0.25) is 0 Å². The highest BCUT2D eigenvalue weighted by Gasteiger charge is 2.40. The molecule has 120 valence electrons. The van der Waals surface area contributed by atoms with Crippen LogP contribution >= 0.6 is 0 Å². The first-order valence-electron chi connectivity index (χ1n) is 8.23. The second-order valence-corrected chi connectivity index (χ2v) is 6.94. The van der Waals surface area contributed by atoms with E-state index in [4.69, 9.17) is 5.11 Å². The molecular weight excluding hydrogens is 268 g/mol. The smallest absolute Gasteiger partial charge is 0.317 e. The van der Waals surface area contributed by atoms with Crippen molar-refractivity contribution < 1.29 is 14.7 Å². The van der Waals surface area contributed by atoms with E-state index in [1.807, 2.05) is 4.90 Å². The molecule has 1 heterocycles. The fourth-order valence-corrected chi connectivity index (χ4v) is 3.76. The quantitative estimate of drug-likeness (QED) is 0.759. The maximum absolute atomic E-state index is 12.2. The van der Waals surface area contributed by atoms with Crippen LogP contribution < -0.4 is 5.32 Å². The van der Waals surface area contributed by atoms with E-state index >= 15 is 0 Å². The van der Waals surface area contributed by atoms with Gasteiger partial charge in [-0.15, -0.1) is 0 Å². The maximum Gasteiger partial charge on any atom is 0.317 e. The molecule has 21 heavy (non-hydrogen) atoms. The highest BCUT2D eigenvalue weighted by atomic mass is 16.4. The molecule has 2 amide bonds. The van der Waals surface area contributed by atoms with Gasteiger partial charge in [-0.3, -0.25) is 4.79 Å². The number of carboxylic acid groups (broad SMARTS) is 1. The molecule has 5 nitrogen and oxygen atoms in total. The third kappa shape index (κ3) is 4.35.